The van der Waals surface area contributed by atoms with Crippen molar-refractivity contribution in [3.8, 4) is 5.88 Å². The van der Waals surface area contributed by atoms with Gasteiger partial charge in [0.1, 0.15) is 0 Å². The Hall–Kier alpha value is -1.86. The number of methoxy groups -OCH3 is 1. The van der Waals surface area contributed by atoms with Crippen molar-refractivity contribution in [1.82, 2.24) is 20.5 Å². The Morgan fingerprint density at radius 3 is 2.93 bits per heavy atom. The Labute approximate surface area is 163 Å². The summed E-state index contributed by atoms with van der Waals surface area (Å²) in [5.74, 6) is 2.26. The molecule has 0 spiro atoms. The number of hydrogen-bond acceptors (Lipinski definition) is 5. The van der Waals surface area contributed by atoms with Crippen molar-refractivity contribution >= 4 is 5.96 Å². The lowest BCUT2D eigenvalue weighted by molar-refractivity contribution is 0.180. The van der Waals surface area contributed by atoms with E-state index in [4.69, 9.17) is 9.47 Å². The van der Waals surface area contributed by atoms with Crippen molar-refractivity contribution in [2.45, 2.75) is 32.7 Å². The maximum absolute atomic E-state index is 5.75. The van der Waals surface area contributed by atoms with Gasteiger partial charge < -0.3 is 25.0 Å². The Kier molecular flexibility index (Phi) is 9.94. The van der Waals surface area contributed by atoms with Crippen molar-refractivity contribution in [1.29, 1.82) is 0 Å². The van der Waals surface area contributed by atoms with Gasteiger partial charge in [-0.15, -0.1) is 0 Å². The van der Waals surface area contributed by atoms with Crippen LogP contribution in [0.25, 0.3) is 0 Å². The van der Waals surface area contributed by atoms with Gasteiger partial charge in [-0.25, -0.2) is 9.98 Å². The molecular formula is C20H35N5O2. The van der Waals surface area contributed by atoms with Crippen LogP contribution in [0.5, 0.6) is 5.88 Å². The first-order valence-corrected chi connectivity index (χ1v) is 9.98. The number of nitrogens with one attached hydrogen (secondary N) is 2. The van der Waals surface area contributed by atoms with E-state index in [1.54, 1.807) is 13.3 Å². The zero-order valence-electron chi connectivity index (χ0n) is 17.0. The zero-order chi connectivity index (χ0) is 19.3. The normalized spacial score (nSPS) is 14.4. The van der Waals surface area contributed by atoms with Crippen molar-refractivity contribution in [2.24, 2.45) is 10.9 Å². The molecule has 0 bridgehead atoms. The highest BCUT2D eigenvalue weighted by Gasteiger charge is 2.22. The highest BCUT2D eigenvalue weighted by atomic mass is 16.5. The van der Waals surface area contributed by atoms with Crippen molar-refractivity contribution < 1.29 is 9.47 Å². The summed E-state index contributed by atoms with van der Waals surface area (Å²) in [7, 11) is 3.87. The van der Waals surface area contributed by atoms with Crippen LogP contribution < -0.4 is 15.4 Å². The molecule has 0 radical (unpaired) electrons. The molecule has 7 heteroatoms. The van der Waals surface area contributed by atoms with Crippen molar-refractivity contribution in [3.63, 3.8) is 0 Å². The smallest absolute Gasteiger partial charge is 0.213 e. The Morgan fingerprint density at radius 2 is 2.19 bits per heavy atom. The fourth-order valence-electron chi connectivity index (χ4n) is 2.58. The van der Waals surface area contributed by atoms with E-state index in [-0.39, 0.29) is 0 Å². The third-order valence-corrected chi connectivity index (χ3v) is 4.40. The summed E-state index contributed by atoms with van der Waals surface area (Å²) in [6.07, 6.45) is 5.41. The molecule has 1 aliphatic carbocycles. The number of aromatic nitrogens is 1. The van der Waals surface area contributed by atoms with Gasteiger partial charge in [0.25, 0.3) is 0 Å². The van der Waals surface area contributed by atoms with E-state index < -0.39 is 0 Å². The second-order valence-corrected chi connectivity index (χ2v) is 7.03. The van der Waals surface area contributed by atoms with Gasteiger partial charge >= 0.3 is 0 Å². The van der Waals surface area contributed by atoms with Gasteiger partial charge in [0.2, 0.25) is 5.88 Å². The van der Waals surface area contributed by atoms with Gasteiger partial charge in [-0.05, 0) is 50.8 Å². The summed E-state index contributed by atoms with van der Waals surface area (Å²) in [5, 5.41) is 6.69. The molecule has 0 saturated heterocycles. The molecule has 1 aromatic rings. The van der Waals surface area contributed by atoms with Crippen LogP contribution in [-0.2, 0) is 11.3 Å². The predicted molar refractivity (Wildman–Crippen MR) is 109 cm³/mol. The number of pyridine rings is 1. The first-order valence-electron chi connectivity index (χ1n) is 9.98. The van der Waals surface area contributed by atoms with E-state index >= 15 is 0 Å². The van der Waals surface area contributed by atoms with E-state index in [1.165, 1.54) is 12.8 Å². The molecule has 0 unspecified atom stereocenters. The quantitative estimate of drug-likeness (QED) is 0.311. The molecule has 1 heterocycles. The van der Waals surface area contributed by atoms with Crippen LogP contribution in [0.3, 0.4) is 0 Å². The van der Waals surface area contributed by atoms with Crippen molar-refractivity contribution in [3.05, 3.63) is 23.9 Å². The Bertz CT molecular complexity index is 563. The second-order valence-electron chi connectivity index (χ2n) is 7.03. The van der Waals surface area contributed by atoms with E-state index in [1.807, 2.05) is 12.1 Å². The van der Waals surface area contributed by atoms with E-state index in [0.29, 0.717) is 12.4 Å². The lowest BCUT2D eigenvalue weighted by Gasteiger charge is -2.18. The number of ether oxygens (including phenoxy) is 2. The van der Waals surface area contributed by atoms with E-state index in [0.717, 1.165) is 63.3 Å². The van der Waals surface area contributed by atoms with E-state index in [2.05, 4.69) is 39.5 Å². The second kappa shape index (κ2) is 12.5. The van der Waals surface area contributed by atoms with Gasteiger partial charge in [-0.2, -0.15) is 0 Å². The third kappa shape index (κ3) is 9.58. The monoisotopic (exact) mass is 377 g/mol. The average Bonchev–Trinajstić information content (AvgIpc) is 3.49. The summed E-state index contributed by atoms with van der Waals surface area (Å²) in [5.41, 5.74) is 1.10. The van der Waals surface area contributed by atoms with Crippen LogP contribution in [0.15, 0.2) is 23.3 Å². The molecule has 0 atom stereocenters. The van der Waals surface area contributed by atoms with Gasteiger partial charge in [0.15, 0.2) is 5.96 Å². The minimum atomic E-state index is 0.599. The molecule has 0 amide bonds. The van der Waals surface area contributed by atoms with Crippen LogP contribution >= 0.6 is 0 Å². The first-order chi connectivity index (χ1) is 13.2. The Balaban J connectivity index is 1.75. The number of nitrogens with zero attached hydrogens (tertiary/aromatic N) is 3. The molecule has 7 nitrogen and oxygen atoms in total. The first kappa shape index (κ1) is 21.4. The lowest BCUT2D eigenvalue weighted by atomic mass is 10.3. The molecule has 1 aromatic heterocycles. The zero-order valence-corrected chi connectivity index (χ0v) is 17.0. The van der Waals surface area contributed by atoms with Gasteiger partial charge in [0, 0.05) is 52.2 Å². The molecule has 1 fully saturated rings. The summed E-state index contributed by atoms with van der Waals surface area (Å²) in [6.45, 7) is 7.93. The van der Waals surface area contributed by atoms with Crippen LogP contribution in [0, 0.1) is 5.92 Å². The molecule has 0 aromatic carbocycles. The predicted octanol–water partition coefficient (Wildman–Crippen LogP) is 1.89. The summed E-state index contributed by atoms with van der Waals surface area (Å²) >= 11 is 0. The third-order valence-electron chi connectivity index (χ3n) is 4.40. The van der Waals surface area contributed by atoms with Crippen LogP contribution in [-0.4, -0.2) is 69.4 Å². The van der Waals surface area contributed by atoms with Crippen LogP contribution in [0.4, 0.5) is 0 Å². The minimum Gasteiger partial charge on any atom is -0.477 e. The number of guanidine groups is 1. The lowest BCUT2D eigenvalue weighted by Crippen LogP contribution is -2.41. The average molecular weight is 378 g/mol. The van der Waals surface area contributed by atoms with Crippen molar-refractivity contribution in [2.75, 3.05) is 53.6 Å². The minimum absolute atomic E-state index is 0.599. The van der Waals surface area contributed by atoms with Crippen LogP contribution in [0.1, 0.15) is 31.7 Å². The fraction of sp³-hybridized carbons (Fsp3) is 0.700. The number of hydrogen-bond donors (Lipinski definition) is 2. The van der Waals surface area contributed by atoms with Gasteiger partial charge in [-0.1, -0.05) is 0 Å². The highest BCUT2D eigenvalue weighted by Crippen LogP contribution is 2.29. The summed E-state index contributed by atoms with van der Waals surface area (Å²) in [6, 6.07) is 3.97. The molecule has 2 N–H and O–H groups in total. The molecule has 1 saturated carbocycles. The molecule has 152 valence electrons. The largest absolute Gasteiger partial charge is 0.477 e. The maximum atomic E-state index is 5.75. The van der Waals surface area contributed by atoms with Gasteiger partial charge in [-0.3, -0.25) is 0 Å². The molecule has 2 rings (SSSR count). The Morgan fingerprint density at radius 1 is 1.33 bits per heavy atom. The fourth-order valence-corrected chi connectivity index (χ4v) is 2.58. The highest BCUT2D eigenvalue weighted by molar-refractivity contribution is 5.79. The summed E-state index contributed by atoms with van der Waals surface area (Å²) in [4.78, 5) is 11.3. The molecule has 0 aliphatic heterocycles. The topological polar surface area (TPSA) is 71.0 Å². The number of likely N-dealkylation sites (N-methyl/N-ethyl adjacent to an activating group) is 1. The van der Waals surface area contributed by atoms with Crippen LogP contribution in [0.2, 0.25) is 0 Å². The summed E-state index contributed by atoms with van der Waals surface area (Å²) < 4.78 is 10.8. The molecule has 27 heavy (non-hydrogen) atoms. The molecular weight excluding hydrogens is 342 g/mol. The number of aliphatic imine (C=N–C) groups is 1. The maximum Gasteiger partial charge on any atom is 0.213 e. The van der Waals surface area contributed by atoms with E-state index in [9.17, 15) is 0 Å². The van der Waals surface area contributed by atoms with Gasteiger partial charge in [0.05, 0.1) is 13.2 Å². The molecule has 1 aliphatic rings. The SMILES string of the molecule is CCNC(=NCc1ccnc(OCC2CC2)c1)NCCN(C)CCCOC. The number of rotatable bonds is 13. The standard InChI is InChI=1S/C20H35N5O2/c1-4-21-20(23-10-12-25(2)11-5-13-26-3)24-15-18-8-9-22-19(14-18)27-16-17-6-7-17/h8-9,14,17H,4-7,10-13,15-16H2,1-3H3,(H2,21,23,24).